The van der Waals surface area contributed by atoms with E-state index in [1.54, 1.807) is 4.90 Å². The van der Waals surface area contributed by atoms with E-state index in [9.17, 15) is 18.5 Å². The highest BCUT2D eigenvalue weighted by atomic mass is 32.2. The minimum absolute atomic E-state index is 0.0162. The number of hydrogen-bond donors (Lipinski definition) is 0. The molecule has 2 rings (SSSR count). The Balaban J connectivity index is 1.88. The normalized spacial score (nSPS) is 23.0. The lowest BCUT2D eigenvalue weighted by Gasteiger charge is -2.39. The summed E-state index contributed by atoms with van der Waals surface area (Å²) in [7, 11) is -2.95. The molecule has 22 heavy (non-hydrogen) atoms. The summed E-state index contributed by atoms with van der Waals surface area (Å²) >= 11 is 0. The van der Waals surface area contributed by atoms with Crippen molar-refractivity contribution in [3.63, 3.8) is 0 Å². The zero-order valence-corrected chi connectivity index (χ0v) is 14.1. The second-order valence-electron chi connectivity index (χ2n) is 6.52. The fourth-order valence-electron chi connectivity index (χ4n) is 3.30. The topological polar surface area (TPSA) is 81.5 Å². The molecule has 1 heterocycles. The molecule has 0 aromatic carbocycles. The molecule has 2 fully saturated rings. The first-order valence-corrected chi connectivity index (χ1v) is 10.0. The Kier molecular flexibility index (Phi) is 5.45. The molecular formula is C15H25N3O3S. The fraction of sp³-hybridized carbons (Fsp3) is 0.867. The lowest BCUT2D eigenvalue weighted by molar-refractivity contribution is -0.142. The van der Waals surface area contributed by atoms with Gasteiger partial charge in [0.25, 0.3) is 0 Å². The van der Waals surface area contributed by atoms with E-state index >= 15 is 0 Å². The zero-order valence-electron chi connectivity index (χ0n) is 13.3. The van der Waals surface area contributed by atoms with Crippen LogP contribution in [0.1, 0.15) is 32.1 Å². The minimum atomic E-state index is -2.95. The summed E-state index contributed by atoms with van der Waals surface area (Å²) in [5.41, 5.74) is -0.812. The first-order valence-electron chi connectivity index (χ1n) is 7.97. The van der Waals surface area contributed by atoms with Crippen LogP contribution in [0.3, 0.4) is 0 Å². The predicted octanol–water partition coefficient (Wildman–Crippen LogP) is 0.649. The van der Waals surface area contributed by atoms with Crippen molar-refractivity contribution >= 4 is 15.7 Å². The van der Waals surface area contributed by atoms with E-state index in [1.807, 2.05) is 0 Å². The van der Waals surface area contributed by atoms with Crippen molar-refractivity contribution in [2.24, 2.45) is 5.41 Å². The van der Waals surface area contributed by atoms with Gasteiger partial charge in [0.15, 0.2) is 0 Å². The average molecular weight is 327 g/mol. The van der Waals surface area contributed by atoms with Crippen LogP contribution in [0.4, 0.5) is 0 Å². The van der Waals surface area contributed by atoms with Crippen molar-refractivity contribution in [3.8, 4) is 6.07 Å². The summed E-state index contributed by atoms with van der Waals surface area (Å²) in [4.78, 5) is 16.6. The molecule has 0 spiro atoms. The van der Waals surface area contributed by atoms with Crippen LogP contribution < -0.4 is 0 Å². The largest absolute Gasteiger partial charge is 0.339 e. The molecule has 2 aliphatic rings. The van der Waals surface area contributed by atoms with E-state index in [-0.39, 0.29) is 11.7 Å². The highest BCUT2D eigenvalue weighted by Gasteiger charge is 2.42. The molecule has 7 heteroatoms. The standard InChI is InChI=1S/C15H25N3O3S/c1-22(20,21)12-11-17-7-9-18(10-8-17)14(19)15(13-16)5-3-2-4-6-15/h2-12H2,1H3. The zero-order chi connectivity index (χ0) is 16.2. The Morgan fingerprint density at radius 2 is 1.73 bits per heavy atom. The monoisotopic (exact) mass is 327 g/mol. The van der Waals surface area contributed by atoms with Crippen molar-refractivity contribution in [3.05, 3.63) is 0 Å². The lowest BCUT2D eigenvalue weighted by atomic mass is 9.74. The van der Waals surface area contributed by atoms with Crippen molar-refractivity contribution < 1.29 is 13.2 Å². The second-order valence-corrected chi connectivity index (χ2v) is 8.78. The Morgan fingerprint density at radius 1 is 1.14 bits per heavy atom. The number of sulfone groups is 1. The first-order chi connectivity index (χ1) is 10.4. The molecule has 0 aromatic rings. The number of hydrogen-bond acceptors (Lipinski definition) is 5. The molecule has 0 aromatic heterocycles. The summed E-state index contributed by atoms with van der Waals surface area (Å²) < 4.78 is 22.4. The van der Waals surface area contributed by atoms with Gasteiger partial charge in [-0.15, -0.1) is 0 Å². The number of nitriles is 1. The maximum absolute atomic E-state index is 12.7. The molecule has 1 amide bonds. The van der Waals surface area contributed by atoms with Gasteiger partial charge in [0.05, 0.1) is 11.8 Å². The molecular weight excluding hydrogens is 302 g/mol. The van der Waals surface area contributed by atoms with Crippen LogP contribution in [0.5, 0.6) is 0 Å². The van der Waals surface area contributed by atoms with Gasteiger partial charge in [-0.2, -0.15) is 5.26 Å². The van der Waals surface area contributed by atoms with E-state index in [1.165, 1.54) is 6.26 Å². The van der Waals surface area contributed by atoms with E-state index in [2.05, 4.69) is 11.0 Å². The van der Waals surface area contributed by atoms with E-state index in [0.717, 1.165) is 19.3 Å². The SMILES string of the molecule is CS(=O)(=O)CCN1CCN(C(=O)C2(C#N)CCCCC2)CC1. The average Bonchev–Trinajstić information content (AvgIpc) is 2.52. The number of piperazine rings is 1. The van der Waals surface area contributed by atoms with Crippen LogP contribution in [0.25, 0.3) is 0 Å². The molecule has 1 aliphatic heterocycles. The van der Waals surface area contributed by atoms with Gasteiger partial charge in [0.1, 0.15) is 15.3 Å². The van der Waals surface area contributed by atoms with Gasteiger partial charge in [-0.25, -0.2) is 8.42 Å². The summed E-state index contributed by atoms with van der Waals surface area (Å²) in [6, 6.07) is 2.29. The third-order valence-electron chi connectivity index (χ3n) is 4.77. The van der Waals surface area contributed by atoms with Gasteiger partial charge in [-0.05, 0) is 12.8 Å². The van der Waals surface area contributed by atoms with Gasteiger partial charge in [0.2, 0.25) is 5.91 Å². The molecule has 124 valence electrons. The maximum atomic E-state index is 12.7. The van der Waals surface area contributed by atoms with Crippen LogP contribution in [0, 0.1) is 16.7 Å². The second kappa shape index (κ2) is 6.97. The molecule has 0 bridgehead atoms. The number of nitrogens with zero attached hydrogens (tertiary/aromatic N) is 3. The molecule has 6 nitrogen and oxygen atoms in total. The molecule has 0 radical (unpaired) electrons. The number of rotatable bonds is 4. The molecule has 0 unspecified atom stereocenters. The van der Waals surface area contributed by atoms with Gasteiger partial charge >= 0.3 is 0 Å². The van der Waals surface area contributed by atoms with Gasteiger partial charge in [-0.3, -0.25) is 9.69 Å². The third kappa shape index (κ3) is 4.20. The first kappa shape index (κ1) is 17.2. The Hall–Kier alpha value is -1.13. The Morgan fingerprint density at radius 3 is 2.23 bits per heavy atom. The van der Waals surface area contributed by atoms with Crippen molar-refractivity contribution in [1.82, 2.24) is 9.80 Å². The van der Waals surface area contributed by atoms with Gasteiger partial charge in [-0.1, -0.05) is 19.3 Å². The lowest BCUT2D eigenvalue weighted by Crippen LogP contribution is -2.53. The summed E-state index contributed by atoms with van der Waals surface area (Å²) in [6.45, 7) is 3.06. The predicted molar refractivity (Wildman–Crippen MR) is 83.9 cm³/mol. The Labute approximate surface area is 133 Å². The number of carbonyl (C=O) groups is 1. The summed E-state index contributed by atoms with van der Waals surface area (Å²) in [5, 5.41) is 9.49. The fourth-order valence-corrected chi connectivity index (χ4v) is 3.89. The van der Waals surface area contributed by atoms with Crippen molar-refractivity contribution in [1.29, 1.82) is 5.26 Å². The van der Waals surface area contributed by atoms with Gasteiger partial charge in [0, 0.05) is 39.0 Å². The maximum Gasteiger partial charge on any atom is 0.243 e. The van der Waals surface area contributed by atoms with Crippen molar-refractivity contribution in [2.45, 2.75) is 32.1 Å². The number of carbonyl (C=O) groups excluding carboxylic acids is 1. The molecule has 1 saturated heterocycles. The minimum Gasteiger partial charge on any atom is -0.339 e. The van der Waals surface area contributed by atoms with E-state index in [4.69, 9.17) is 0 Å². The summed E-state index contributed by atoms with van der Waals surface area (Å²) in [5.74, 6) is 0.140. The highest BCUT2D eigenvalue weighted by Crippen LogP contribution is 2.37. The van der Waals surface area contributed by atoms with Crippen molar-refractivity contribution in [2.75, 3.05) is 44.7 Å². The van der Waals surface area contributed by atoms with E-state index in [0.29, 0.717) is 45.6 Å². The molecule has 1 saturated carbocycles. The summed E-state index contributed by atoms with van der Waals surface area (Å²) in [6.07, 6.45) is 5.61. The van der Waals surface area contributed by atoms with Crippen LogP contribution in [-0.4, -0.2) is 68.9 Å². The van der Waals surface area contributed by atoms with Crippen LogP contribution in [-0.2, 0) is 14.6 Å². The van der Waals surface area contributed by atoms with E-state index < -0.39 is 15.3 Å². The Bertz CT molecular complexity index is 539. The van der Waals surface area contributed by atoms with Crippen LogP contribution in [0.2, 0.25) is 0 Å². The molecule has 0 atom stereocenters. The molecule has 0 N–H and O–H groups in total. The van der Waals surface area contributed by atoms with Gasteiger partial charge < -0.3 is 4.90 Å². The molecule has 1 aliphatic carbocycles. The third-order valence-corrected chi connectivity index (χ3v) is 5.69. The quantitative estimate of drug-likeness (QED) is 0.757. The van der Waals surface area contributed by atoms with Crippen LogP contribution in [0.15, 0.2) is 0 Å². The highest BCUT2D eigenvalue weighted by molar-refractivity contribution is 7.90. The smallest absolute Gasteiger partial charge is 0.243 e. The number of amides is 1. The van der Waals surface area contributed by atoms with Crippen LogP contribution >= 0.6 is 0 Å².